The molecule has 8 nitrogen and oxygen atoms in total. The van der Waals surface area contributed by atoms with Crippen molar-refractivity contribution in [1.82, 2.24) is 0 Å². The Labute approximate surface area is 276 Å². The molecule has 268 valence electrons. The number of ether oxygens (including phenoxy) is 2. The van der Waals surface area contributed by atoms with Crippen LogP contribution in [0.2, 0.25) is 0 Å². The van der Waals surface area contributed by atoms with E-state index < -0.39 is 32.5 Å². The standard InChI is InChI=1S/C36H71O8P/c1-3-5-7-9-11-13-15-16-17-18-19-20-21-23-25-27-29-31-36(38)44-34(33-43-45(39,40)41)32-42-35(37)30-28-26-24-22-14-12-10-8-6-4-2/h34H,3-33H2,1-2H3,(H2,39,40,41). The van der Waals surface area contributed by atoms with Gasteiger partial charge in [0.2, 0.25) is 0 Å². The lowest BCUT2D eigenvalue weighted by Gasteiger charge is -2.18. The zero-order chi connectivity index (χ0) is 33.3. The van der Waals surface area contributed by atoms with Gasteiger partial charge >= 0.3 is 19.8 Å². The monoisotopic (exact) mass is 662 g/mol. The van der Waals surface area contributed by atoms with Gasteiger partial charge in [-0.05, 0) is 12.8 Å². The summed E-state index contributed by atoms with van der Waals surface area (Å²) < 4.78 is 26.3. The van der Waals surface area contributed by atoms with Crippen molar-refractivity contribution in [1.29, 1.82) is 0 Å². The van der Waals surface area contributed by atoms with E-state index in [-0.39, 0.29) is 19.4 Å². The van der Waals surface area contributed by atoms with Gasteiger partial charge in [0.25, 0.3) is 0 Å². The number of phosphoric acid groups is 1. The van der Waals surface area contributed by atoms with Gasteiger partial charge in [0, 0.05) is 12.8 Å². The van der Waals surface area contributed by atoms with Gasteiger partial charge in [-0.3, -0.25) is 14.1 Å². The highest BCUT2D eigenvalue weighted by Crippen LogP contribution is 2.36. The second-order valence-corrected chi connectivity index (χ2v) is 14.2. The van der Waals surface area contributed by atoms with Gasteiger partial charge in [-0.2, -0.15) is 0 Å². The molecule has 0 aromatic heterocycles. The Kier molecular flexibility index (Phi) is 32.3. The maximum Gasteiger partial charge on any atom is 0.469 e. The first-order chi connectivity index (χ1) is 21.8. The molecule has 45 heavy (non-hydrogen) atoms. The molecule has 0 aliphatic heterocycles. The van der Waals surface area contributed by atoms with Gasteiger partial charge < -0.3 is 19.3 Å². The lowest BCUT2D eigenvalue weighted by Crippen LogP contribution is -2.29. The van der Waals surface area contributed by atoms with Gasteiger partial charge in [-0.1, -0.05) is 174 Å². The van der Waals surface area contributed by atoms with Crippen molar-refractivity contribution in [3.63, 3.8) is 0 Å². The molecule has 0 aromatic carbocycles. The summed E-state index contributed by atoms with van der Waals surface area (Å²) in [5.74, 6) is -0.874. The first-order valence-electron chi connectivity index (χ1n) is 18.8. The van der Waals surface area contributed by atoms with Crippen LogP contribution >= 0.6 is 7.82 Å². The highest BCUT2D eigenvalue weighted by atomic mass is 31.2. The molecule has 0 radical (unpaired) electrons. The number of carbonyl (C=O) groups is 2. The van der Waals surface area contributed by atoms with Crippen LogP contribution in [0.25, 0.3) is 0 Å². The second kappa shape index (κ2) is 33.0. The number of carbonyl (C=O) groups excluding carboxylic acids is 2. The summed E-state index contributed by atoms with van der Waals surface area (Å²) in [6.07, 6.45) is 32.6. The Balaban J connectivity index is 3.89. The Morgan fingerprint density at radius 3 is 1.13 bits per heavy atom. The average Bonchev–Trinajstić information content (AvgIpc) is 3.00. The lowest BCUT2D eigenvalue weighted by atomic mass is 10.0. The molecule has 0 aliphatic carbocycles. The number of hydrogen-bond acceptors (Lipinski definition) is 6. The third-order valence-corrected chi connectivity index (χ3v) is 8.86. The van der Waals surface area contributed by atoms with Gasteiger partial charge in [0.15, 0.2) is 6.10 Å². The minimum Gasteiger partial charge on any atom is -0.462 e. The third kappa shape index (κ3) is 35.7. The SMILES string of the molecule is CCCCCCCCCCCCCCCCCCCC(=O)OC(COC(=O)CCCCCCCCCCCC)COP(=O)(O)O. The molecule has 0 saturated heterocycles. The number of esters is 2. The van der Waals surface area contributed by atoms with Crippen LogP contribution in [0.1, 0.15) is 200 Å². The Hall–Kier alpha value is -0.950. The Bertz CT molecular complexity index is 711. The maximum absolute atomic E-state index is 12.3. The summed E-state index contributed by atoms with van der Waals surface area (Å²) in [5, 5.41) is 0. The van der Waals surface area contributed by atoms with Crippen molar-refractivity contribution in [2.24, 2.45) is 0 Å². The fraction of sp³-hybridized carbons (Fsp3) is 0.944. The minimum atomic E-state index is -4.74. The molecule has 0 saturated carbocycles. The number of phosphoric ester groups is 1. The molecule has 0 spiro atoms. The topological polar surface area (TPSA) is 119 Å². The summed E-state index contributed by atoms with van der Waals surface area (Å²) in [5.41, 5.74) is 0. The first-order valence-corrected chi connectivity index (χ1v) is 20.4. The molecule has 0 heterocycles. The number of rotatable bonds is 35. The molecule has 2 N–H and O–H groups in total. The molecule has 0 bridgehead atoms. The molecule has 0 amide bonds. The van der Waals surface area contributed by atoms with Crippen molar-refractivity contribution in [2.45, 2.75) is 206 Å². The predicted molar refractivity (Wildman–Crippen MR) is 184 cm³/mol. The molecule has 1 unspecified atom stereocenters. The summed E-state index contributed by atoms with van der Waals surface area (Å²) in [6, 6.07) is 0. The van der Waals surface area contributed by atoms with Crippen LogP contribution in [0, 0.1) is 0 Å². The molecule has 1 atom stereocenters. The molecule has 0 rings (SSSR count). The molecule has 0 aromatic rings. The summed E-state index contributed by atoms with van der Waals surface area (Å²) in [6.45, 7) is 3.68. The normalized spacial score (nSPS) is 12.4. The Morgan fingerprint density at radius 2 is 0.800 bits per heavy atom. The van der Waals surface area contributed by atoms with Crippen molar-refractivity contribution in [3.8, 4) is 0 Å². The molecule has 0 aliphatic rings. The van der Waals surface area contributed by atoms with E-state index in [1.54, 1.807) is 0 Å². The van der Waals surface area contributed by atoms with Gasteiger partial charge in [-0.25, -0.2) is 4.57 Å². The van der Waals surface area contributed by atoms with E-state index in [2.05, 4.69) is 18.4 Å². The van der Waals surface area contributed by atoms with E-state index >= 15 is 0 Å². The summed E-state index contributed by atoms with van der Waals surface area (Å²) >= 11 is 0. The van der Waals surface area contributed by atoms with E-state index in [9.17, 15) is 14.2 Å². The van der Waals surface area contributed by atoms with Crippen molar-refractivity contribution < 1.29 is 37.9 Å². The minimum absolute atomic E-state index is 0.220. The highest BCUT2D eigenvalue weighted by molar-refractivity contribution is 7.46. The van der Waals surface area contributed by atoms with E-state index in [0.717, 1.165) is 32.1 Å². The second-order valence-electron chi connectivity index (χ2n) is 12.9. The van der Waals surface area contributed by atoms with Crippen LogP contribution in [0.3, 0.4) is 0 Å². The predicted octanol–water partition coefficient (Wildman–Crippen LogP) is 10.9. The van der Waals surface area contributed by atoms with Crippen LogP contribution < -0.4 is 0 Å². The van der Waals surface area contributed by atoms with Crippen LogP contribution in [-0.4, -0.2) is 41.0 Å². The average molecular weight is 663 g/mol. The van der Waals surface area contributed by atoms with E-state index in [1.807, 2.05) is 0 Å². The third-order valence-electron chi connectivity index (χ3n) is 8.38. The first kappa shape index (κ1) is 44.0. The van der Waals surface area contributed by atoms with E-state index in [1.165, 1.54) is 135 Å². The van der Waals surface area contributed by atoms with Gasteiger partial charge in [0.05, 0.1) is 6.61 Å². The lowest BCUT2D eigenvalue weighted by molar-refractivity contribution is -0.161. The molecular formula is C36H71O8P. The van der Waals surface area contributed by atoms with Crippen molar-refractivity contribution in [2.75, 3.05) is 13.2 Å². The fourth-order valence-corrected chi connectivity index (χ4v) is 5.91. The van der Waals surface area contributed by atoms with Crippen LogP contribution in [-0.2, 0) is 28.2 Å². The molecule has 0 fully saturated rings. The fourth-order valence-electron chi connectivity index (χ4n) is 5.55. The molecular weight excluding hydrogens is 591 g/mol. The van der Waals surface area contributed by atoms with Gasteiger partial charge in [0.1, 0.15) is 6.61 Å². The van der Waals surface area contributed by atoms with Gasteiger partial charge in [-0.15, -0.1) is 0 Å². The zero-order valence-electron chi connectivity index (χ0n) is 29.3. The zero-order valence-corrected chi connectivity index (χ0v) is 30.2. The van der Waals surface area contributed by atoms with E-state index in [0.29, 0.717) is 6.42 Å². The quantitative estimate of drug-likeness (QED) is 0.0391. The summed E-state index contributed by atoms with van der Waals surface area (Å²) in [4.78, 5) is 42.6. The van der Waals surface area contributed by atoms with E-state index in [4.69, 9.17) is 19.3 Å². The summed E-state index contributed by atoms with van der Waals surface area (Å²) in [7, 11) is -4.74. The number of hydrogen-bond donors (Lipinski definition) is 2. The van der Waals surface area contributed by atoms with Crippen LogP contribution in [0.5, 0.6) is 0 Å². The smallest absolute Gasteiger partial charge is 0.462 e. The Morgan fingerprint density at radius 1 is 0.489 bits per heavy atom. The molecule has 9 heteroatoms. The highest BCUT2D eigenvalue weighted by Gasteiger charge is 2.22. The van der Waals surface area contributed by atoms with Crippen molar-refractivity contribution >= 4 is 19.8 Å². The maximum atomic E-state index is 12.3. The number of unbranched alkanes of at least 4 members (excludes halogenated alkanes) is 25. The van der Waals surface area contributed by atoms with Crippen LogP contribution in [0.4, 0.5) is 0 Å². The van der Waals surface area contributed by atoms with Crippen molar-refractivity contribution in [3.05, 3.63) is 0 Å². The van der Waals surface area contributed by atoms with Crippen LogP contribution in [0.15, 0.2) is 0 Å². The largest absolute Gasteiger partial charge is 0.469 e.